The Hall–Kier alpha value is -1.19. The highest BCUT2D eigenvalue weighted by Gasteiger charge is 2.07. The maximum Gasteiger partial charge on any atom is 0.123 e. The van der Waals surface area contributed by atoms with E-state index in [4.69, 9.17) is 0 Å². The monoisotopic (exact) mass is 277 g/mol. The van der Waals surface area contributed by atoms with E-state index in [9.17, 15) is 4.39 Å². The third-order valence-electron chi connectivity index (χ3n) is 3.24. The van der Waals surface area contributed by atoms with Gasteiger partial charge >= 0.3 is 0 Å². The largest absolute Gasteiger partial charge is 0.309 e. The van der Waals surface area contributed by atoms with E-state index in [1.54, 1.807) is 0 Å². The lowest BCUT2D eigenvalue weighted by molar-refractivity contribution is 0.583. The van der Waals surface area contributed by atoms with E-state index in [1.807, 2.05) is 23.5 Å². The summed E-state index contributed by atoms with van der Waals surface area (Å²) in [7, 11) is 0. The van der Waals surface area contributed by atoms with Crippen molar-refractivity contribution in [3.05, 3.63) is 57.5 Å². The Morgan fingerprint density at radius 3 is 2.53 bits per heavy atom. The molecule has 1 unspecified atom stereocenters. The fourth-order valence-electron chi connectivity index (χ4n) is 2.00. The summed E-state index contributed by atoms with van der Waals surface area (Å²) in [5.74, 6) is -0.171. The van der Waals surface area contributed by atoms with Crippen LogP contribution in [-0.2, 0) is 12.8 Å². The van der Waals surface area contributed by atoms with Gasteiger partial charge in [0.25, 0.3) is 0 Å². The Balaban J connectivity index is 1.80. The van der Waals surface area contributed by atoms with E-state index in [2.05, 4.69) is 31.3 Å². The number of hydrogen-bond donors (Lipinski definition) is 1. The van der Waals surface area contributed by atoms with Gasteiger partial charge in [-0.1, -0.05) is 19.1 Å². The Kier molecular flexibility index (Phi) is 5.11. The van der Waals surface area contributed by atoms with Crippen LogP contribution in [0.1, 0.15) is 35.2 Å². The third-order valence-corrected chi connectivity index (χ3v) is 4.65. The molecule has 1 atom stereocenters. The summed E-state index contributed by atoms with van der Waals surface area (Å²) in [5, 5.41) is 3.52. The van der Waals surface area contributed by atoms with Crippen LogP contribution in [0.3, 0.4) is 0 Å². The minimum Gasteiger partial charge on any atom is -0.309 e. The molecule has 1 heterocycles. The number of rotatable bonds is 6. The Morgan fingerprint density at radius 1 is 1.16 bits per heavy atom. The lowest BCUT2D eigenvalue weighted by Crippen LogP contribution is -2.20. The van der Waals surface area contributed by atoms with Crippen LogP contribution in [0.2, 0.25) is 0 Å². The van der Waals surface area contributed by atoms with Gasteiger partial charge in [0.2, 0.25) is 0 Å². The average Bonchev–Trinajstić information content (AvgIpc) is 2.90. The predicted octanol–water partition coefficient (Wildman–Crippen LogP) is 4.34. The second kappa shape index (κ2) is 6.83. The predicted molar refractivity (Wildman–Crippen MR) is 80.2 cm³/mol. The zero-order chi connectivity index (χ0) is 13.7. The first-order chi connectivity index (χ1) is 9.19. The molecule has 0 aliphatic heterocycles. The van der Waals surface area contributed by atoms with Crippen LogP contribution in [0.5, 0.6) is 0 Å². The van der Waals surface area contributed by atoms with Crippen molar-refractivity contribution in [3.8, 4) is 0 Å². The summed E-state index contributed by atoms with van der Waals surface area (Å²) in [6, 6.07) is 11.5. The molecule has 1 aromatic heterocycles. The quantitative estimate of drug-likeness (QED) is 0.828. The first-order valence-electron chi connectivity index (χ1n) is 6.75. The van der Waals surface area contributed by atoms with Crippen molar-refractivity contribution in [2.45, 2.75) is 32.7 Å². The van der Waals surface area contributed by atoms with Gasteiger partial charge in [0.05, 0.1) is 0 Å². The van der Waals surface area contributed by atoms with Gasteiger partial charge < -0.3 is 5.32 Å². The highest BCUT2D eigenvalue weighted by Crippen LogP contribution is 2.23. The van der Waals surface area contributed by atoms with Crippen molar-refractivity contribution >= 4 is 11.3 Å². The van der Waals surface area contributed by atoms with Crippen LogP contribution < -0.4 is 5.32 Å². The highest BCUT2D eigenvalue weighted by molar-refractivity contribution is 7.12. The zero-order valence-corrected chi connectivity index (χ0v) is 12.3. The molecule has 0 bridgehead atoms. The highest BCUT2D eigenvalue weighted by atomic mass is 32.1. The minimum absolute atomic E-state index is 0.171. The normalized spacial score (nSPS) is 12.6. The van der Waals surface area contributed by atoms with Crippen LogP contribution in [0.15, 0.2) is 36.4 Å². The summed E-state index contributed by atoms with van der Waals surface area (Å²) >= 11 is 1.88. The van der Waals surface area contributed by atoms with Crippen molar-refractivity contribution in [3.63, 3.8) is 0 Å². The molecule has 1 N–H and O–H groups in total. The molecule has 2 rings (SSSR count). The maximum absolute atomic E-state index is 12.8. The molecule has 1 nitrogen and oxygen atoms in total. The molecule has 0 saturated heterocycles. The van der Waals surface area contributed by atoms with Gasteiger partial charge in [-0.2, -0.15) is 0 Å². The number of benzene rings is 1. The molecule has 102 valence electrons. The Labute approximate surface area is 118 Å². The first-order valence-corrected chi connectivity index (χ1v) is 7.57. The van der Waals surface area contributed by atoms with E-state index in [-0.39, 0.29) is 5.82 Å². The van der Waals surface area contributed by atoms with Gasteiger partial charge in [-0.25, -0.2) is 4.39 Å². The maximum atomic E-state index is 12.8. The van der Waals surface area contributed by atoms with Gasteiger partial charge in [0, 0.05) is 15.8 Å². The van der Waals surface area contributed by atoms with Gasteiger partial charge in [-0.15, -0.1) is 11.3 Å². The third kappa shape index (κ3) is 4.15. The Bertz CT molecular complexity index is 504. The number of hydrogen-bond acceptors (Lipinski definition) is 2. The van der Waals surface area contributed by atoms with Gasteiger partial charge in [0.15, 0.2) is 0 Å². The van der Waals surface area contributed by atoms with Gasteiger partial charge in [-0.05, 0) is 56.1 Å². The zero-order valence-electron chi connectivity index (χ0n) is 11.4. The molecular weight excluding hydrogens is 257 g/mol. The minimum atomic E-state index is -0.171. The van der Waals surface area contributed by atoms with Gasteiger partial charge in [0.1, 0.15) is 5.82 Å². The van der Waals surface area contributed by atoms with Crippen molar-refractivity contribution in [1.82, 2.24) is 5.32 Å². The van der Waals surface area contributed by atoms with Crippen molar-refractivity contribution in [2.24, 2.45) is 0 Å². The van der Waals surface area contributed by atoms with Gasteiger partial charge in [-0.3, -0.25) is 0 Å². The topological polar surface area (TPSA) is 12.0 Å². The smallest absolute Gasteiger partial charge is 0.123 e. The van der Waals surface area contributed by atoms with Crippen LogP contribution >= 0.6 is 11.3 Å². The van der Waals surface area contributed by atoms with Crippen molar-refractivity contribution in [1.29, 1.82) is 0 Å². The van der Waals surface area contributed by atoms with Crippen molar-refractivity contribution in [2.75, 3.05) is 6.54 Å². The molecule has 0 aliphatic carbocycles. The summed E-state index contributed by atoms with van der Waals surface area (Å²) < 4.78 is 12.8. The molecule has 1 aromatic carbocycles. The van der Waals surface area contributed by atoms with E-state index in [0.717, 1.165) is 19.4 Å². The summed E-state index contributed by atoms with van der Waals surface area (Å²) in [4.78, 5) is 2.82. The van der Waals surface area contributed by atoms with Crippen LogP contribution in [-0.4, -0.2) is 6.54 Å². The lowest BCUT2D eigenvalue weighted by atomic mass is 10.1. The second-order valence-electron chi connectivity index (χ2n) is 4.71. The number of nitrogens with one attached hydrogen (secondary N) is 1. The molecule has 0 fully saturated rings. The molecule has 0 aliphatic rings. The number of aryl methyl sites for hydroxylation is 1. The molecule has 0 amide bonds. The fraction of sp³-hybridized carbons (Fsp3) is 0.375. The summed E-state index contributed by atoms with van der Waals surface area (Å²) in [5.41, 5.74) is 1.17. The summed E-state index contributed by atoms with van der Waals surface area (Å²) in [6.45, 7) is 5.28. The molecule has 3 heteroatoms. The molecule has 19 heavy (non-hydrogen) atoms. The SMILES string of the molecule is CCc1ccc(C(C)NCCc2ccc(F)cc2)s1. The summed E-state index contributed by atoms with van der Waals surface area (Å²) in [6.07, 6.45) is 2.03. The average molecular weight is 277 g/mol. The van der Waals surface area contributed by atoms with E-state index < -0.39 is 0 Å². The van der Waals surface area contributed by atoms with E-state index >= 15 is 0 Å². The molecule has 0 radical (unpaired) electrons. The molecular formula is C16H20FNS. The van der Waals surface area contributed by atoms with Crippen LogP contribution in [0, 0.1) is 5.82 Å². The van der Waals surface area contributed by atoms with Crippen LogP contribution in [0.25, 0.3) is 0 Å². The standard InChI is InChI=1S/C16H20FNS/c1-3-15-8-9-16(19-15)12(2)18-11-10-13-4-6-14(17)7-5-13/h4-9,12,18H,3,10-11H2,1-2H3. The molecule has 0 saturated carbocycles. The number of thiophene rings is 1. The molecule has 2 aromatic rings. The lowest BCUT2D eigenvalue weighted by Gasteiger charge is -2.12. The van der Waals surface area contributed by atoms with E-state index in [0.29, 0.717) is 6.04 Å². The first kappa shape index (κ1) is 14.2. The fourth-order valence-corrected chi connectivity index (χ4v) is 2.98. The van der Waals surface area contributed by atoms with Crippen LogP contribution in [0.4, 0.5) is 4.39 Å². The van der Waals surface area contributed by atoms with Crippen molar-refractivity contribution < 1.29 is 4.39 Å². The molecule has 0 spiro atoms. The Morgan fingerprint density at radius 2 is 1.89 bits per heavy atom. The number of halogens is 1. The van der Waals surface area contributed by atoms with E-state index in [1.165, 1.54) is 27.5 Å². The second-order valence-corrected chi connectivity index (χ2v) is 5.91.